The highest BCUT2D eigenvalue weighted by atomic mass is 35.5. The maximum Gasteiger partial charge on any atom is 0.339 e. The van der Waals surface area contributed by atoms with Crippen molar-refractivity contribution in [3.8, 4) is 5.75 Å². The van der Waals surface area contributed by atoms with Crippen molar-refractivity contribution in [2.24, 2.45) is 0 Å². The van der Waals surface area contributed by atoms with Crippen molar-refractivity contribution in [1.82, 2.24) is 0 Å². The predicted octanol–water partition coefficient (Wildman–Crippen LogP) is 4.58. The molecule has 0 fully saturated rings. The summed E-state index contributed by atoms with van der Waals surface area (Å²) in [5, 5.41) is 4.20. The molecule has 4 nitrogen and oxygen atoms in total. The summed E-state index contributed by atoms with van der Waals surface area (Å²) in [5.74, 6) is 0.222. The van der Waals surface area contributed by atoms with Crippen LogP contribution in [0.25, 0.3) is 0 Å². The average Bonchev–Trinajstić information content (AvgIpc) is 2.51. The van der Waals surface area contributed by atoms with Crippen molar-refractivity contribution in [2.45, 2.75) is 6.92 Å². The summed E-state index contributed by atoms with van der Waals surface area (Å²) >= 11 is 11.8. The number of methoxy groups -OCH3 is 1. The van der Waals surface area contributed by atoms with Crippen LogP contribution in [-0.4, -0.2) is 26.2 Å². The van der Waals surface area contributed by atoms with Gasteiger partial charge in [-0.2, -0.15) is 0 Å². The molecule has 0 aromatic heterocycles. The van der Waals surface area contributed by atoms with E-state index < -0.39 is 0 Å². The lowest BCUT2D eigenvalue weighted by atomic mass is 10.1. The van der Waals surface area contributed by atoms with Gasteiger partial charge >= 0.3 is 5.97 Å². The molecule has 0 saturated carbocycles. The molecule has 0 aliphatic heterocycles. The van der Waals surface area contributed by atoms with Gasteiger partial charge < -0.3 is 14.8 Å². The molecule has 0 aliphatic carbocycles. The van der Waals surface area contributed by atoms with E-state index in [4.69, 9.17) is 32.7 Å². The first kappa shape index (κ1) is 17.4. The van der Waals surface area contributed by atoms with Crippen LogP contribution < -0.4 is 10.1 Å². The molecule has 1 N–H and O–H groups in total. The topological polar surface area (TPSA) is 47.6 Å². The molecule has 23 heavy (non-hydrogen) atoms. The fourth-order valence-corrected chi connectivity index (χ4v) is 2.56. The predicted molar refractivity (Wildman–Crippen MR) is 93.0 cm³/mol. The van der Waals surface area contributed by atoms with Crippen molar-refractivity contribution >= 4 is 34.9 Å². The summed E-state index contributed by atoms with van der Waals surface area (Å²) < 4.78 is 10.4. The van der Waals surface area contributed by atoms with Crippen molar-refractivity contribution in [3.05, 3.63) is 57.6 Å². The molecule has 6 heteroatoms. The van der Waals surface area contributed by atoms with Crippen molar-refractivity contribution in [1.29, 1.82) is 0 Å². The first-order valence-corrected chi connectivity index (χ1v) is 7.77. The number of carbonyl (C=O) groups excluding carboxylic acids is 1. The van der Waals surface area contributed by atoms with Crippen LogP contribution in [0.3, 0.4) is 0 Å². The van der Waals surface area contributed by atoms with Gasteiger partial charge in [0.25, 0.3) is 0 Å². The highest BCUT2D eigenvalue weighted by Gasteiger charge is 2.11. The summed E-state index contributed by atoms with van der Waals surface area (Å²) in [7, 11) is 1.36. The monoisotopic (exact) mass is 353 g/mol. The number of hydrogen-bond donors (Lipinski definition) is 1. The number of halogens is 2. The van der Waals surface area contributed by atoms with Crippen LogP contribution in [-0.2, 0) is 4.74 Å². The standard InChI is InChI=1S/C17H17Cl2NO3/c1-11-3-4-16(15(7-11)17(21)22-2)20-5-6-23-14-9-12(18)8-13(19)10-14/h3-4,7-10,20H,5-6H2,1-2H3. The number of aryl methyl sites for hydroxylation is 1. The van der Waals surface area contributed by atoms with Crippen LogP contribution >= 0.6 is 23.2 Å². The molecule has 0 amide bonds. The quantitative estimate of drug-likeness (QED) is 0.609. The molecule has 0 spiro atoms. The van der Waals surface area contributed by atoms with Crippen LogP contribution in [0.2, 0.25) is 10.0 Å². The number of esters is 1. The number of ether oxygens (including phenoxy) is 2. The average molecular weight is 354 g/mol. The Morgan fingerprint density at radius 2 is 1.83 bits per heavy atom. The summed E-state index contributed by atoms with van der Waals surface area (Å²) in [5.41, 5.74) is 2.19. The van der Waals surface area contributed by atoms with E-state index in [1.54, 1.807) is 24.3 Å². The zero-order valence-electron chi connectivity index (χ0n) is 12.9. The Kier molecular flexibility index (Phi) is 6.13. The first-order valence-electron chi connectivity index (χ1n) is 7.01. The van der Waals surface area contributed by atoms with Crippen molar-refractivity contribution < 1.29 is 14.3 Å². The van der Waals surface area contributed by atoms with Crippen molar-refractivity contribution in [2.75, 3.05) is 25.6 Å². The molecule has 0 radical (unpaired) electrons. The Balaban J connectivity index is 1.95. The Bertz CT molecular complexity index is 684. The number of anilines is 1. The third-order valence-corrected chi connectivity index (χ3v) is 3.54. The third kappa shape index (κ3) is 5.05. The molecule has 0 heterocycles. The van der Waals surface area contributed by atoms with Gasteiger partial charge in [-0.15, -0.1) is 0 Å². The van der Waals surface area contributed by atoms with Gasteiger partial charge in [0, 0.05) is 22.3 Å². The summed E-state index contributed by atoms with van der Waals surface area (Å²) in [6.45, 7) is 2.82. The molecular formula is C17H17Cl2NO3. The van der Waals surface area contributed by atoms with Crippen molar-refractivity contribution in [3.63, 3.8) is 0 Å². The van der Waals surface area contributed by atoms with E-state index in [9.17, 15) is 4.79 Å². The molecule has 0 saturated heterocycles. The molecule has 2 aromatic rings. The largest absolute Gasteiger partial charge is 0.492 e. The zero-order chi connectivity index (χ0) is 16.8. The summed E-state index contributed by atoms with van der Waals surface area (Å²) in [6.07, 6.45) is 0. The van der Waals surface area contributed by atoms with Gasteiger partial charge in [0.2, 0.25) is 0 Å². The number of hydrogen-bond acceptors (Lipinski definition) is 4. The fourth-order valence-electron chi connectivity index (χ4n) is 2.06. The van der Waals surface area contributed by atoms with E-state index in [0.29, 0.717) is 40.2 Å². The van der Waals surface area contributed by atoms with Crippen LogP contribution in [0.15, 0.2) is 36.4 Å². The maximum absolute atomic E-state index is 11.8. The van der Waals surface area contributed by atoms with Crippen LogP contribution in [0.4, 0.5) is 5.69 Å². The third-order valence-electron chi connectivity index (χ3n) is 3.10. The number of nitrogens with one attached hydrogen (secondary N) is 1. The Labute approximate surface area is 145 Å². The zero-order valence-corrected chi connectivity index (χ0v) is 14.4. The normalized spacial score (nSPS) is 10.3. The van der Waals surface area contributed by atoms with Crippen LogP contribution in [0, 0.1) is 6.92 Å². The molecule has 2 aromatic carbocycles. The molecule has 0 atom stereocenters. The summed E-state index contributed by atoms with van der Waals surface area (Å²) in [4.78, 5) is 11.8. The Morgan fingerprint density at radius 3 is 2.48 bits per heavy atom. The molecule has 0 unspecified atom stereocenters. The lowest BCUT2D eigenvalue weighted by Crippen LogP contribution is -2.14. The summed E-state index contributed by atoms with van der Waals surface area (Å²) in [6, 6.07) is 10.6. The Morgan fingerprint density at radius 1 is 1.13 bits per heavy atom. The smallest absolute Gasteiger partial charge is 0.339 e. The van der Waals surface area contributed by atoms with E-state index in [2.05, 4.69) is 5.32 Å². The second-order valence-corrected chi connectivity index (χ2v) is 5.79. The van der Waals surface area contributed by atoms with E-state index in [1.807, 2.05) is 19.1 Å². The highest BCUT2D eigenvalue weighted by molar-refractivity contribution is 6.34. The number of carbonyl (C=O) groups is 1. The lowest BCUT2D eigenvalue weighted by molar-refractivity contribution is 0.0601. The first-order chi connectivity index (χ1) is 11.0. The van der Waals surface area contributed by atoms with Gasteiger partial charge in [0.05, 0.1) is 12.7 Å². The highest BCUT2D eigenvalue weighted by Crippen LogP contribution is 2.24. The van der Waals surface area contributed by atoms with E-state index >= 15 is 0 Å². The van der Waals surface area contributed by atoms with Gasteiger partial charge in [0.15, 0.2) is 0 Å². The van der Waals surface area contributed by atoms with Gasteiger partial charge in [-0.1, -0.05) is 34.8 Å². The van der Waals surface area contributed by atoms with Gasteiger partial charge in [-0.05, 0) is 37.3 Å². The molecular weight excluding hydrogens is 337 g/mol. The van der Waals surface area contributed by atoms with Crippen LogP contribution in [0.5, 0.6) is 5.75 Å². The van der Waals surface area contributed by atoms with E-state index in [1.165, 1.54) is 7.11 Å². The maximum atomic E-state index is 11.8. The molecule has 0 bridgehead atoms. The minimum absolute atomic E-state index is 0.376. The van der Waals surface area contributed by atoms with Crippen LogP contribution in [0.1, 0.15) is 15.9 Å². The van der Waals surface area contributed by atoms with Gasteiger partial charge in [-0.3, -0.25) is 0 Å². The minimum atomic E-state index is -0.376. The van der Waals surface area contributed by atoms with Gasteiger partial charge in [-0.25, -0.2) is 4.79 Å². The van der Waals surface area contributed by atoms with E-state index in [0.717, 1.165) is 5.56 Å². The van der Waals surface area contributed by atoms with E-state index in [-0.39, 0.29) is 5.97 Å². The SMILES string of the molecule is COC(=O)c1cc(C)ccc1NCCOc1cc(Cl)cc(Cl)c1. The second kappa shape index (κ2) is 8.09. The number of benzene rings is 2. The Hall–Kier alpha value is -1.91. The molecule has 2 rings (SSSR count). The molecule has 122 valence electrons. The minimum Gasteiger partial charge on any atom is -0.492 e. The number of rotatable bonds is 6. The second-order valence-electron chi connectivity index (χ2n) is 4.92. The lowest BCUT2D eigenvalue weighted by Gasteiger charge is -2.12. The molecule has 0 aliphatic rings. The van der Waals surface area contributed by atoms with Gasteiger partial charge in [0.1, 0.15) is 12.4 Å². The fraction of sp³-hybridized carbons (Fsp3) is 0.235.